The molecule has 0 aromatic carbocycles. The van der Waals surface area contributed by atoms with Crippen molar-refractivity contribution in [3.8, 4) is 0 Å². The van der Waals surface area contributed by atoms with Gasteiger partial charge in [0.05, 0.1) is 6.42 Å². The molecule has 0 heterocycles. The lowest BCUT2D eigenvalue weighted by Gasteiger charge is -2.03. The number of allylic oxidation sites excluding steroid dienone is 1. The zero-order valence-corrected chi connectivity index (χ0v) is 7.49. The fourth-order valence-corrected chi connectivity index (χ4v) is 0.863. The number of nitrogens with two attached hydrogens (primary N) is 1. The second-order valence-corrected chi connectivity index (χ2v) is 2.85. The molecule has 0 saturated carbocycles. The highest BCUT2D eigenvalue weighted by Crippen LogP contribution is 1.97. The Hall–Kier alpha value is -0.830. The quantitative estimate of drug-likeness (QED) is 0.596. The Kier molecular flexibility index (Phi) is 6.38. The van der Waals surface area contributed by atoms with E-state index in [1.165, 1.54) is 0 Å². The Balaban J connectivity index is 3.42. The zero-order chi connectivity index (χ0) is 9.40. The van der Waals surface area contributed by atoms with Crippen LogP contribution in [0.1, 0.15) is 32.6 Å². The van der Waals surface area contributed by atoms with Crippen molar-refractivity contribution in [1.82, 2.24) is 0 Å². The van der Waals surface area contributed by atoms with Gasteiger partial charge in [0.15, 0.2) is 0 Å². The van der Waals surface area contributed by atoms with Crippen molar-refractivity contribution in [2.45, 2.75) is 38.6 Å². The summed E-state index contributed by atoms with van der Waals surface area (Å²) in [5, 5.41) is 8.38. The molecule has 3 heteroatoms. The maximum absolute atomic E-state index is 10.2. The number of hydrogen-bond donors (Lipinski definition) is 2. The summed E-state index contributed by atoms with van der Waals surface area (Å²) >= 11 is 0. The van der Waals surface area contributed by atoms with E-state index < -0.39 is 5.97 Å². The Morgan fingerprint density at radius 1 is 1.58 bits per heavy atom. The molecule has 1 atom stereocenters. The largest absolute Gasteiger partial charge is 0.481 e. The molecule has 3 N–H and O–H groups in total. The normalized spacial score (nSPS) is 13.5. The van der Waals surface area contributed by atoms with E-state index in [1.807, 2.05) is 12.2 Å². The lowest BCUT2D eigenvalue weighted by atomic mass is 10.1. The summed E-state index contributed by atoms with van der Waals surface area (Å²) in [5.74, 6) is -0.827. The summed E-state index contributed by atoms with van der Waals surface area (Å²) in [4.78, 5) is 10.2. The molecular weight excluding hydrogens is 154 g/mol. The summed E-state index contributed by atoms with van der Waals surface area (Å²) in [6.07, 6.45) is 6.87. The summed E-state index contributed by atoms with van der Waals surface area (Å²) in [6.45, 7) is 2.10. The molecule has 0 spiro atoms. The molecule has 1 unspecified atom stereocenters. The summed E-state index contributed by atoms with van der Waals surface area (Å²) in [7, 11) is 0. The highest BCUT2D eigenvalue weighted by molar-refractivity contribution is 5.67. The molecule has 0 aromatic rings. The Morgan fingerprint density at radius 2 is 2.25 bits per heavy atom. The highest BCUT2D eigenvalue weighted by Gasteiger charge is 2.04. The number of rotatable bonds is 6. The van der Waals surface area contributed by atoms with E-state index in [-0.39, 0.29) is 12.5 Å². The van der Waals surface area contributed by atoms with E-state index in [4.69, 9.17) is 10.8 Å². The van der Waals surface area contributed by atoms with Crippen molar-refractivity contribution < 1.29 is 9.90 Å². The first-order valence-corrected chi connectivity index (χ1v) is 4.29. The minimum Gasteiger partial charge on any atom is -0.481 e. The molecule has 0 aliphatic carbocycles. The van der Waals surface area contributed by atoms with Gasteiger partial charge < -0.3 is 10.8 Å². The summed E-state index contributed by atoms with van der Waals surface area (Å²) < 4.78 is 0. The van der Waals surface area contributed by atoms with Gasteiger partial charge in [0.2, 0.25) is 0 Å². The van der Waals surface area contributed by atoms with Crippen LogP contribution in [0.25, 0.3) is 0 Å². The first-order valence-electron chi connectivity index (χ1n) is 4.29. The number of carboxylic acids is 1. The lowest BCUT2D eigenvalue weighted by molar-refractivity contribution is -0.137. The molecule has 0 fully saturated rings. The van der Waals surface area contributed by atoms with Gasteiger partial charge in [-0.25, -0.2) is 0 Å². The number of aliphatic carboxylic acids is 1. The SMILES string of the molecule is CCC/C=C\CC(N)CC(=O)O. The number of hydrogen-bond acceptors (Lipinski definition) is 2. The van der Waals surface area contributed by atoms with Crippen molar-refractivity contribution in [2.75, 3.05) is 0 Å². The van der Waals surface area contributed by atoms with Crippen LogP contribution in [-0.4, -0.2) is 17.1 Å². The van der Waals surface area contributed by atoms with E-state index in [0.29, 0.717) is 6.42 Å². The molecule has 70 valence electrons. The van der Waals surface area contributed by atoms with Crippen LogP contribution in [0.5, 0.6) is 0 Å². The van der Waals surface area contributed by atoms with Crippen molar-refractivity contribution in [2.24, 2.45) is 5.73 Å². The standard InChI is InChI=1S/C9H17NO2/c1-2-3-4-5-6-8(10)7-9(11)12/h4-5,8H,2-3,6-7,10H2,1H3,(H,11,12)/b5-4-. The summed E-state index contributed by atoms with van der Waals surface area (Å²) in [5.41, 5.74) is 5.52. The minimum absolute atomic E-state index is 0.0520. The molecule has 3 nitrogen and oxygen atoms in total. The van der Waals surface area contributed by atoms with Crippen molar-refractivity contribution >= 4 is 5.97 Å². The molecule has 12 heavy (non-hydrogen) atoms. The molecule has 0 saturated heterocycles. The van der Waals surface area contributed by atoms with Crippen LogP contribution in [0.15, 0.2) is 12.2 Å². The van der Waals surface area contributed by atoms with Gasteiger partial charge in [-0.05, 0) is 12.8 Å². The van der Waals surface area contributed by atoms with E-state index in [2.05, 4.69) is 6.92 Å². The third kappa shape index (κ3) is 7.28. The smallest absolute Gasteiger partial charge is 0.304 e. The van der Waals surface area contributed by atoms with E-state index in [1.54, 1.807) is 0 Å². The molecule has 0 aliphatic rings. The van der Waals surface area contributed by atoms with Crippen molar-refractivity contribution in [1.29, 1.82) is 0 Å². The van der Waals surface area contributed by atoms with Gasteiger partial charge in [0.1, 0.15) is 0 Å². The van der Waals surface area contributed by atoms with Gasteiger partial charge in [0.25, 0.3) is 0 Å². The molecular formula is C9H17NO2. The van der Waals surface area contributed by atoms with Gasteiger partial charge >= 0.3 is 5.97 Å². The third-order valence-corrected chi connectivity index (χ3v) is 1.50. The van der Waals surface area contributed by atoms with Crippen LogP contribution in [-0.2, 0) is 4.79 Å². The number of unbranched alkanes of at least 4 members (excludes halogenated alkanes) is 1. The van der Waals surface area contributed by atoms with Gasteiger partial charge in [0, 0.05) is 6.04 Å². The van der Waals surface area contributed by atoms with E-state index in [0.717, 1.165) is 12.8 Å². The average Bonchev–Trinajstić information content (AvgIpc) is 1.97. The Bertz CT molecular complexity index is 155. The molecule has 0 rings (SSSR count). The van der Waals surface area contributed by atoms with Gasteiger partial charge in [-0.1, -0.05) is 25.5 Å². The van der Waals surface area contributed by atoms with Crippen LogP contribution < -0.4 is 5.73 Å². The van der Waals surface area contributed by atoms with Crippen molar-refractivity contribution in [3.05, 3.63) is 12.2 Å². The Labute approximate surface area is 73.3 Å². The maximum Gasteiger partial charge on any atom is 0.304 e. The predicted molar refractivity (Wildman–Crippen MR) is 48.9 cm³/mol. The first kappa shape index (κ1) is 11.2. The lowest BCUT2D eigenvalue weighted by Crippen LogP contribution is -2.22. The van der Waals surface area contributed by atoms with E-state index in [9.17, 15) is 4.79 Å². The minimum atomic E-state index is -0.827. The predicted octanol–water partition coefficient (Wildman–Crippen LogP) is 1.53. The van der Waals surface area contributed by atoms with Gasteiger partial charge in [-0.2, -0.15) is 0 Å². The van der Waals surface area contributed by atoms with Crippen LogP contribution in [0.3, 0.4) is 0 Å². The van der Waals surface area contributed by atoms with E-state index >= 15 is 0 Å². The second-order valence-electron chi connectivity index (χ2n) is 2.85. The van der Waals surface area contributed by atoms with Crippen LogP contribution in [0.4, 0.5) is 0 Å². The topological polar surface area (TPSA) is 63.3 Å². The maximum atomic E-state index is 10.2. The first-order chi connectivity index (χ1) is 5.66. The van der Waals surface area contributed by atoms with Crippen LogP contribution in [0, 0.1) is 0 Å². The van der Waals surface area contributed by atoms with Crippen molar-refractivity contribution in [3.63, 3.8) is 0 Å². The average molecular weight is 171 g/mol. The fraction of sp³-hybridized carbons (Fsp3) is 0.667. The zero-order valence-electron chi connectivity index (χ0n) is 7.49. The Morgan fingerprint density at radius 3 is 2.75 bits per heavy atom. The fourth-order valence-electron chi connectivity index (χ4n) is 0.863. The second kappa shape index (κ2) is 6.85. The third-order valence-electron chi connectivity index (χ3n) is 1.50. The van der Waals surface area contributed by atoms with Crippen LogP contribution in [0.2, 0.25) is 0 Å². The van der Waals surface area contributed by atoms with Gasteiger partial charge in [-0.15, -0.1) is 0 Å². The van der Waals surface area contributed by atoms with Gasteiger partial charge in [-0.3, -0.25) is 4.79 Å². The summed E-state index contributed by atoms with van der Waals surface area (Å²) in [6, 6.07) is -0.240. The molecule has 0 radical (unpaired) electrons. The molecule has 0 amide bonds. The monoisotopic (exact) mass is 171 g/mol. The molecule has 0 aromatic heterocycles. The molecule has 0 aliphatic heterocycles. The number of carboxylic acid groups (broad SMARTS) is 1. The highest BCUT2D eigenvalue weighted by atomic mass is 16.4. The number of carbonyl (C=O) groups is 1. The molecule has 0 bridgehead atoms. The van der Waals surface area contributed by atoms with Crippen LogP contribution >= 0.6 is 0 Å².